The summed E-state index contributed by atoms with van der Waals surface area (Å²) in [6, 6.07) is 11.1. The van der Waals surface area contributed by atoms with E-state index in [4.69, 9.17) is 4.42 Å². The van der Waals surface area contributed by atoms with Crippen LogP contribution in [0.25, 0.3) is 11.3 Å². The molecule has 1 saturated heterocycles. The molecule has 5 rings (SSSR count). The van der Waals surface area contributed by atoms with E-state index in [1.807, 2.05) is 24.3 Å². The molecule has 4 heterocycles. The summed E-state index contributed by atoms with van der Waals surface area (Å²) in [5, 5.41) is 2.34. The molecule has 1 atom stereocenters. The van der Waals surface area contributed by atoms with Crippen molar-refractivity contribution in [1.29, 1.82) is 0 Å². The number of furan rings is 1. The molecule has 0 bridgehead atoms. The van der Waals surface area contributed by atoms with Crippen molar-refractivity contribution in [3.8, 4) is 11.3 Å². The van der Waals surface area contributed by atoms with Crippen LogP contribution in [0.4, 0.5) is 0 Å². The fourth-order valence-electron chi connectivity index (χ4n) is 4.53. The van der Waals surface area contributed by atoms with Gasteiger partial charge in [-0.05, 0) is 54.9 Å². The Hall–Kier alpha value is -3.78. The number of pyridine rings is 1. The van der Waals surface area contributed by atoms with Crippen molar-refractivity contribution in [2.45, 2.75) is 38.5 Å². The van der Waals surface area contributed by atoms with Crippen LogP contribution >= 0.6 is 0 Å². The first-order chi connectivity index (χ1) is 16.0. The van der Waals surface area contributed by atoms with Crippen molar-refractivity contribution in [3.63, 3.8) is 0 Å². The number of carbonyl (C=O) groups excluding carboxylic acids is 3. The highest BCUT2D eigenvalue weighted by Crippen LogP contribution is 2.31. The van der Waals surface area contributed by atoms with Crippen molar-refractivity contribution in [1.82, 2.24) is 20.1 Å². The van der Waals surface area contributed by atoms with Crippen LogP contribution in [0, 0.1) is 0 Å². The van der Waals surface area contributed by atoms with Gasteiger partial charge in [0, 0.05) is 48.9 Å². The number of rotatable bonds is 6. The molecule has 8 nitrogen and oxygen atoms in total. The number of nitrogens with zero attached hydrogens (tertiary/aromatic N) is 3. The lowest BCUT2D eigenvalue weighted by Gasteiger charge is -2.29. The number of carbonyl (C=O) groups is 3. The van der Waals surface area contributed by atoms with Crippen LogP contribution in [0.1, 0.15) is 39.9 Å². The fourth-order valence-corrected chi connectivity index (χ4v) is 4.53. The standard InChI is InChI=1S/C25H24N4O4/c1-28(13-17-7-9-33-15-17)12-16-6-8-26-21(10-16)18-2-3-20-19(11-18)14-29(25(20)32)22-4-5-23(30)27-24(22)31/h2-3,6-11,15,22H,4-5,12-14H2,1H3,(H,27,30,31). The van der Waals surface area contributed by atoms with Gasteiger partial charge in [-0.25, -0.2) is 0 Å². The van der Waals surface area contributed by atoms with Crippen molar-refractivity contribution >= 4 is 17.7 Å². The van der Waals surface area contributed by atoms with E-state index >= 15 is 0 Å². The second-order valence-corrected chi connectivity index (χ2v) is 8.63. The molecular weight excluding hydrogens is 420 g/mol. The van der Waals surface area contributed by atoms with Gasteiger partial charge in [-0.1, -0.05) is 6.07 Å². The van der Waals surface area contributed by atoms with Crippen LogP contribution < -0.4 is 5.32 Å². The Morgan fingerprint density at radius 3 is 2.76 bits per heavy atom. The zero-order chi connectivity index (χ0) is 22.9. The van der Waals surface area contributed by atoms with Gasteiger partial charge in [-0.3, -0.25) is 29.6 Å². The number of amides is 3. The second kappa shape index (κ2) is 8.63. The van der Waals surface area contributed by atoms with Gasteiger partial charge >= 0.3 is 0 Å². The highest BCUT2D eigenvalue weighted by molar-refractivity contribution is 6.05. The smallest absolute Gasteiger partial charge is 0.255 e. The summed E-state index contributed by atoms with van der Waals surface area (Å²) in [5.74, 6) is -0.862. The molecule has 168 valence electrons. The van der Waals surface area contributed by atoms with Gasteiger partial charge in [0.05, 0.1) is 18.2 Å². The van der Waals surface area contributed by atoms with Crippen LogP contribution in [0.2, 0.25) is 0 Å². The van der Waals surface area contributed by atoms with Crippen molar-refractivity contribution in [2.24, 2.45) is 0 Å². The minimum Gasteiger partial charge on any atom is -0.472 e. The van der Waals surface area contributed by atoms with Crippen molar-refractivity contribution in [2.75, 3.05) is 7.05 Å². The third-order valence-corrected chi connectivity index (χ3v) is 6.13. The summed E-state index contributed by atoms with van der Waals surface area (Å²) in [6.07, 6.45) is 5.82. The summed E-state index contributed by atoms with van der Waals surface area (Å²) in [7, 11) is 2.05. The van der Waals surface area contributed by atoms with Crippen LogP contribution in [-0.2, 0) is 29.2 Å². The van der Waals surface area contributed by atoms with Gasteiger partial charge in [0.2, 0.25) is 11.8 Å². The summed E-state index contributed by atoms with van der Waals surface area (Å²) in [4.78, 5) is 44.9. The van der Waals surface area contributed by atoms with Crippen LogP contribution in [-0.4, -0.2) is 45.6 Å². The van der Waals surface area contributed by atoms with Gasteiger partial charge in [0.25, 0.3) is 5.91 Å². The minimum atomic E-state index is -0.613. The summed E-state index contributed by atoms with van der Waals surface area (Å²) < 4.78 is 5.14. The van der Waals surface area contributed by atoms with Crippen LogP contribution in [0.15, 0.2) is 59.5 Å². The largest absolute Gasteiger partial charge is 0.472 e. The Kier molecular flexibility index (Phi) is 5.51. The van der Waals surface area contributed by atoms with Gasteiger partial charge < -0.3 is 9.32 Å². The van der Waals surface area contributed by atoms with Gasteiger partial charge in [0.1, 0.15) is 6.04 Å². The van der Waals surface area contributed by atoms with E-state index in [9.17, 15) is 14.4 Å². The number of hydrogen-bond donors (Lipinski definition) is 1. The van der Waals surface area contributed by atoms with Crippen molar-refractivity contribution in [3.05, 3.63) is 77.4 Å². The molecule has 0 saturated carbocycles. The lowest BCUT2D eigenvalue weighted by Crippen LogP contribution is -2.52. The van der Waals surface area contributed by atoms with E-state index in [0.29, 0.717) is 18.5 Å². The highest BCUT2D eigenvalue weighted by atomic mass is 16.3. The number of benzene rings is 1. The lowest BCUT2D eigenvalue weighted by atomic mass is 10.0. The maximum absolute atomic E-state index is 12.9. The molecule has 0 spiro atoms. The predicted molar refractivity (Wildman–Crippen MR) is 120 cm³/mol. The van der Waals surface area contributed by atoms with E-state index in [0.717, 1.165) is 41.0 Å². The molecule has 2 aliphatic rings. The first-order valence-electron chi connectivity index (χ1n) is 10.9. The quantitative estimate of drug-likeness (QED) is 0.588. The average molecular weight is 444 g/mol. The van der Waals surface area contributed by atoms with E-state index in [-0.39, 0.29) is 18.2 Å². The zero-order valence-corrected chi connectivity index (χ0v) is 18.3. The molecule has 1 N–H and O–H groups in total. The Bertz CT molecular complexity index is 1220. The molecule has 3 aromatic rings. The molecule has 1 fully saturated rings. The SMILES string of the molecule is CN(Cc1ccoc1)Cc1ccnc(-c2ccc3c(c2)CN(C2CCC(=O)NC2=O)C3=O)c1. The van der Waals surface area contributed by atoms with Gasteiger partial charge in [-0.15, -0.1) is 0 Å². The molecule has 1 unspecified atom stereocenters. The summed E-state index contributed by atoms with van der Waals surface area (Å²) in [5.41, 5.74) is 5.47. The zero-order valence-electron chi connectivity index (χ0n) is 18.3. The van der Waals surface area contributed by atoms with Crippen LogP contribution in [0.3, 0.4) is 0 Å². The Morgan fingerprint density at radius 2 is 1.97 bits per heavy atom. The molecule has 1 aromatic carbocycles. The maximum atomic E-state index is 12.9. The number of aromatic nitrogens is 1. The van der Waals surface area contributed by atoms with Gasteiger partial charge in [-0.2, -0.15) is 0 Å². The molecule has 8 heteroatoms. The number of fused-ring (bicyclic) bond motifs is 1. The Morgan fingerprint density at radius 1 is 1.12 bits per heavy atom. The normalized spacial score (nSPS) is 18.1. The fraction of sp³-hybridized carbons (Fsp3) is 0.280. The minimum absolute atomic E-state index is 0.173. The third kappa shape index (κ3) is 4.29. The third-order valence-electron chi connectivity index (χ3n) is 6.13. The number of imide groups is 1. The molecule has 2 aromatic heterocycles. The Labute approximate surface area is 191 Å². The molecule has 3 amide bonds. The topological polar surface area (TPSA) is 95.8 Å². The Balaban J connectivity index is 1.32. The lowest BCUT2D eigenvalue weighted by molar-refractivity contribution is -0.136. The van der Waals surface area contributed by atoms with Gasteiger partial charge in [0.15, 0.2) is 0 Å². The van der Waals surface area contributed by atoms with E-state index in [1.165, 1.54) is 0 Å². The second-order valence-electron chi connectivity index (χ2n) is 8.63. The first-order valence-corrected chi connectivity index (χ1v) is 10.9. The molecule has 2 aliphatic heterocycles. The molecule has 0 aliphatic carbocycles. The van der Waals surface area contributed by atoms with E-state index < -0.39 is 11.9 Å². The highest BCUT2D eigenvalue weighted by Gasteiger charge is 2.39. The molecule has 33 heavy (non-hydrogen) atoms. The number of piperidine rings is 1. The molecular formula is C25H24N4O4. The average Bonchev–Trinajstić information content (AvgIpc) is 3.41. The summed E-state index contributed by atoms with van der Waals surface area (Å²) in [6.45, 7) is 1.89. The number of nitrogens with one attached hydrogen (secondary N) is 1. The monoisotopic (exact) mass is 444 g/mol. The predicted octanol–water partition coefficient (Wildman–Crippen LogP) is 2.73. The first kappa shape index (κ1) is 21.1. The van der Waals surface area contributed by atoms with E-state index in [1.54, 1.807) is 29.7 Å². The molecule has 0 radical (unpaired) electrons. The van der Waals surface area contributed by atoms with Crippen LogP contribution in [0.5, 0.6) is 0 Å². The maximum Gasteiger partial charge on any atom is 0.255 e. The van der Waals surface area contributed by atoms with Crippen molar-refractivity contribution < 1.29 is 18.8 Å². The summed E-state index contributed by atoms with van der Waals surface area (Å²) >= 11 is 0. The number of hydrogen-bond acceptors (Lipinski definition) is 6. The van der Waals surface area contributed by atoms with E-state index in [2.05, 4.69) is 28.3 Å².